The van der Waals surface area contributed by atoms with Crippen LogP contribution in [0.25, 0.3) is 16.9 Å². The van der Waals surface area contributed by atoms with Crippen LogP contribution >= 0.6 is 11.6 Å². The van der Waals surface area contributed by atoms with E-state index in [9.17, 15) is 10.1 Å². The van der Waals surface area contributed by atoms with E-state index in [0.29, 0.717) is 22.1 Å². The van der Waals surface area contributed by atoms with Crippen molar-refractivity contribution >= 4 is 23.0 Å². The number of hydrogen-bond acceptors (Lipinski definition) is 5. The summed E-state index contributed by atoms with van der Waals surface area (Å²) in [6.45, 7) is 0. The van der Waals surface area contributed by atoms with E-state index in [2.05, 4.69) is 10.3 Å². The van der Waals surface area contributed by atoms with E-state index >= 15 is 0 Å². The zero-order chi connectivity index (χ0) is 15.7. The molecule has 0 aliphatic heterocycles. The predicted molar refractivity (Wildman–Crippen MR) is 82.9 cm³/mol. The van der Waals surface area contributed by atoms with E-state index in [4.69, 9.17) is 17.3 Å². The van der Waals surface area contributed by atoms with Crippen molar-refractivity contribution in [3.63, 3.8) is 0 Å². The molecule has 2 N–H and O–H groups in total. The maximum Gasteiger partial charge on any atom is 0.269 e. The lowest BCUT2D eigenvalue weighted by atomic mass is 10.1. The summed E-state index contributed by atoms with van der Waals surface area (Å²) in [7, 11) is 0. The average Bonchev–Trinajstić information content (AvgIpc) is 2.97. The highest BCUT2D eigenvalue weighted by molar-refractivity contribution is 6.32. The van der Waals surface area contributed by atoms with Crippen LogP contribution < -0.4 is 5.73 Å². The van der Waals surface area contributed by atoms with E-state index in [1.807, 2.05) is 0 Å². The Morgan fingerprint density at radius 3 is 2.55 bits per heavy atom. The molecule has 0 radical (unpaired) electrons. The molecule has 0 saturated heterocycles. The first kappa shape index (κ1) is 14.0. The molecule has 0 aliphatic rings. The van der Waals surface area contributed by atoms with Crippen molar-refractivity contribution in [3.8, 4) is 16.9 Å². The molecule has 0 saturated carbocycles. The summed E-state index contributed by atoms with van der Waals surface area (Å²) >= 11 is 6.13. The van der Waals surface area contributed by atoms with Crippen LogP contribution in [-0.2, 0) is 0 Å². The van der Waals surface area contributed by atoms with Gasteiger partial charge >= 0.3 is 0 Å². The number of nitrogens with two attached hydrogens (primary N) is 1. The van der Waals surface area contributed by atoms with E-state index in [0.717, 1.165) is 5.56 Å². The minimum Gasteiger partial charge on any atom is -0.399 e. The monoisotopic (exact) mass is 315 g/mol. The number of aromatic nitrogens is 3. The number of nitro benzene ring substituents is 1. The van der Waals surface area contributed by atoms with Gasteiger partial charge in [-0.2, -0.15) is 0 Å². The lowest BCUT2D eigenvalue weighted by molar-refractivity contribution is -0.384. The number of nitro groups is 1. The van der Waals surface area contributed by atoms with Crippen molar-refractivity contribution in [1.82, 2.24) is 15.0 Å². The Morgan fingerprint density at radius 1 is 1.18 bits per heavy atom. The number of halogens is 1. The van der Waals surface area contributed by atoms with Crippen LogP contribution in [0.3, 0.4) is 0 Å². The number of nitrogen functional groups attached to an aromatic ring is 1. The fourth-order valence-electron chi connectivity index (χ4n) is 1.98. The highest BCUT2D eigenvalue weighted by Crippen LogP contribution is 2.25. The first-order valence-electron chi connectivity index (χ1n) is 6.27. The Labute approximate surface area is 130 Å². The Balaban J connectivity index is 1.95. The van der Waals surface area contributed by atoms with Gasteiger partial charge in [0.2, 0.25) is 0 Å². The third-order valence-corrected chi connectivity index (χ3v) is 3.39. The second kappa shape index (κ2) is 5.45. The second-order valence-electron chi connectivity index (χ2n) is 4.56. The number of anilines is 1. The first-order valence-corrected chi connectivity index (χ1v) is 6.65. The minimum atomic E-state index is -0.450. The molecule has 0 aliphatic carbocycles. The Bertz CT molecular complexity index is 845. The van der Waals surface area contributed by atoms with Crippen LogP contribution in [0.4, 0.5) is 11.4 Å². The van der Waals surface area contributed by atoms with Gasteiger partial charge in [0.25, 0.3) is 5.69 Å². The van der Waals surface area contributed by atoms with Crippen molar-refractivity contribution in [2.45, 2.75) is 0 Å². The lowest BCUT2D eigenvalue weighted by Gasteiger charge is -2.03. The summed E-state index contributed by atoms with van der Waals surface area (Å²) in [4.78, 5) is 10.2. The van der Waals surface area contributed by atoms with E-state index in [-0.39, 0.29) is 5.69 Å². The maximum atomic E-state index is 10.7. The number of nitrogens with zero attached hydrogens (tertiary/aromatic N) is 4. The lowest BCUT2D eigenvalue weighted by Crippen LogP contribution is -1.96. The summed E-state index contributed by atoms with van der Waals surface area (Å²) in [5.41, 5.74) is 8.20. The third-order valence-electron chi connectivity index (χ3n) is 3.09. The quantitative estimate of drug-likeness (QED) is 0.455. The van der Waals surface area contributed by atoms with Crippen LogP contribution in [-0.4, -0.2) is 19.9 Å². The SMILES string of the molecule is Nc1ccc(-n2cc(-c3ccc([N+](=O)[O-])cc3)nn2)c(Cl)c1. The number of benzene rings is 2. The molecule has 0 fully saturated rings. The molecule has 0 unspecified atom stereocenters. The topological polar surface area (TPSA) is 99.9 Å². The zero-order valence-electron chi connectivity index (χ0n) is 11.2. The molecule has 3 rings (SSSR count). The molecule has 1 heterocycles. The summed E-state index contributed by atoms with van der Waals surface area (Å²) < 4.78 is 1.53. The van der Waals surface area contributed by atoms with Crippen molar-refractivity contribution < 1.29 is 4.92 Å². The molecule has 22 heavy (non-hydrogen) atoms. The fourth-order valence-corrected chi connectivity index (χ4v) is 2.25. The van der Waals surface area contributed by atoms with Gasteiger partial charge in [0.15, 0.2) is 0 Å². The van der Waals surface area contributed by atoms with Gasteiger partial charge in [-0.25, -0.2) is 4.68 Å². The van der Waals surface area contributed by atoms with Gasteiger partial charge < -0.3 is 5.73 Å². The summed E-state index contributed by atoms with van der Waals surface area (Å²) in [5.74, 6) is 0. The van der Waals surface area contributed by atoms with Crippen molar-refractivity contribution in [3.05, 3.63) is 63.8 Å². The van der Waals surface area contributed by atoms with Crippen molar-refractivity contribution in [2.75, 3.05) is 5.73 Å². The van der Waals surface area contributed by atoms with E-state index in [1.165, 1.54) is 16.8 Å². The van der Waals surface area contributed by atoms with Gasteiger partial charge in [0.05, 0.1) is 21.8 Å². The van der Waals surface area contributed by atoms with Crippen LogP contribution in [0.15, 0.2) is 48.7 Å². The van der Waals surface area contributed by atoms with Gasteiger partial charge in [-0.15, -0.1) is 5.10 Å². The molecule has 0 spiro atoms. The summed E-state index contributed by atoms with van der Waals surface area (Å²) in [6.07, 6.45) is 1.69. The molecule has 2 aromatic carbocycles. The molecular weight excluding hydrogens is 306 g/mol. The molecule has 3 aromatic rings. The van der Waals surface area contributed by atoms with Crippen LogP contribution in [0.5, 0.6) is 0 Å². The number of hydrogen-bond donors (Lipinski definition) is 1. The molecule has 8 heteroatoms. The highest BCUT2D eigenvalue weighted by Gasteiger charge is 2.10. The zero-order valence-corrected chi connectivity index (χ0v) is 11.9. The van der Waals surface area contributed by atoms with Gasteiger partial charge in [-0.05, 0) is 30.3 Å². The van der Waals surface area contributed by atoms with Crippen LogP contribution in [0, 0.1) is 10.1 Å². The minimum absolute atomic E-state index is 0.0257. The molecule has 1 aromatic heterocycles. The molecule has 7 nitrogen and oxygen atoms in total. The van der Waals surface area contributed by atoms with Gasteiger partial charge in [-0.3, -0.25) is 10.1 Å². The fraction of sp³-hybridized carbons (Fsp3) is 0. The largest absolute Gasteiger partial charge is 0.399 e. The Kier molecular flexibility index (Phi) is 3.48. The summed E-state index contributed by atoms with van der Waals surface area (Å²) in [5, 5.41) is 19.2. The number of rotatable bonds is 3. The molecule has 110 valence electrons. The Morgan fingerprint density at radius 2 is 1.91 bits per heavy atom. The second-order valence-corrected chi connectivity index (χ2v) is 4.97. The van der Waals surface area contributed by atoms with Crippen molar-refractivity contribution in [2.24, 2.45) is 0 Å². The van der Waals surface area contributed by atoms with Gasteiger partial charge in [0.1, 0.15) is 5.69 Å². The van der Waals surface area contributed by atoms with Gasteiger partial charge in [0, 0.05) is 23.4 Å². The third kappa shape index (κ3) is 2.61. The van der Waals surface area contributed by atoms with Crippen molar-refractivity contribution in [1.29, 1.82) is 0 Å². The maximum absolute atomic E-state index is 10.7. The molecule has 0 amide bonds. The predicted octanol–water partition coefficient (Wildman–Crippen LogP) is 3.08. The van der Waals surface area contributed by atoms with E-state index in [1.54, 1.807) is 36.5 Å². The smallest absolute Gasteiger partial charge is 0.269 e. The average molecular weight is 316 g/mol. The van der Waals surface area contributed by atoms with Gasteiger partial charge in [-0.1, -0.05) is 16.8 Å². The van der Waals surface area contributed by atoms with Crippen LogP contribution in [0.2, 0.25) is 5.02 Å². The molecule has 0 bridgehead atoms. The Hall–Kier alpha value is -2.93. The van der Waals surface area contributed by atoms with Crippen LogP contribution in [0.1, 0.15) is 0 Å². The highest BCUT2D eigenvalue weighted by atomic mass is 35.5. The van der Waals surface area contributed by atoms with E-state index < -0.39 is 4.92 Å². The molecule has 0 atom stereocenters. The normalized spacial score (nSPS) is 10.6. The first-order chi connectivity index (χ1) is 10.5. The standard InChI is InChI=1S/C14H10ClN5O2/c15-12-7-10(16)3-6-14(12)19-8-13(17-18-19)9-1-4-11(5-2-9)20(21)22/h1-8H,16H2. The molecular formula is C14H10ClN5O2. The summed E-state index contributed by atoms with van der Waals surface area (Å²) in [6, 6.07) is 11.2. The number of non-ortho nitro benzene ring substituents is 1.